The predicted octanol–water partition coefficient (Wildman–Crippen LogP) is 3.36. The van der Waals surface area contributed by atoms with E-state index in [1.165, 1.54) is 16.9 Å². The molecule has 2 aromatic carbocycles. The zero-order valence-electron chi connectivity index (χ0n) is 19.5. The van der Waals surface area contributed by atoms with Gasteiger partial charge in [0.2, 0.25) is 5.91 Å². The topological polar surface area (TPSA) is 42.1 Å². The lowest BCUT2D eigenvalue weighted by atomic mass is 10.2. The van der Waals surface area contributed by atoms with Crippen molar-refractivity contribution in [3.8, 4) is 0 Å². The summed E-state index contributed by atoms with van der Waals surface area (Å²) in [7, 11) is 4.08. The van der Waals surface area contributed by atoms with E-state index < -0.39 is 0 Å². The Labute approximate surface area is 187 Å². The van der Waals surface area contributed by atoms with Crippen molar-refractivity contribution in [3.05, 3.63) is 54.1 Å². The molecular weight excluding hydrogens is 386 g/mol. The smallest absolute Gasteiger partial charge is 0.238 e. The third-order valence-corrected chi connectivity index (χ3v) is 6.01. The van der Waals surface area contributed by atoms with Crippen molar-refractivity contribution in [2.24, 2.45) is 0 Å². The van der Waals surface area contributed by atoms with Crippen LogP contribution in [0, 0.1) is 0 Å². The zero-order valence-corrected chi connectivity index (χ0v) is 19.5. The van der Waals surface area contributed by atoms with Gasteiger partial charge in [-0.15, -0.1) is 0 Å². The van der Waals surface area contributed by atoms with Crippen molar-refractivity contribution >= 4 is 23.0 Å². The molecule has 6 nitrogen and oxygen atoms in total. The quantitative estimate of drug-likeness (QED) is 0.670. The van der Waals surface area contributed by atoms with Crippen LogP contribution in [0.3, 0.4) is 0 Å². The van der Waals surface area contributed by atoms with E-state index in [1.54, 1.807) is 0 Å². The van der Waals surface area contributed by atoms with E-state index in [0.717, 1.165) is 51.5 Å². The average molecular weight is 424 g/mol. The fourth-order valence-electron chi connectivity index (χ4n) is 3.92. The van der Waals surface area contributed by atoms with E-state index in [-0.39, 0.29) is 5.91 Å². The molecule has 31 heavy (non-hydrogen) atoms. The molecule has 1 aliphatic rings. The summed E-state index contributed by atoms with van der Waals surface area (Å²) in [5.74, 6) is 0.0241. The standard InChI is InChI=1S/C25H37N5O/c1-5-28-15-17-30(18-16-28)24-13-9-22(10-14-24)26-25(31)20-29(6-2)19-21-7-11-23(12-8-21)27(3)4/h7-14H,5-6,15-20H2,1-4H3,(H,26,31). The van der Waals surface area contributed by atoms with Crippen LogP contribution in [-0.2, 0) is 11.3 Å². The third kappa shape index (κ3) is 6.71. The van der Waals surface area contributed by atoms with Crippen LogP contribution < -0.4 is 15.1 Å². The molecule has 1 aliphatic heterocycles. The molecule has 0 radical (unpaired) electrons. The van der Waals surface area contributed by atoms with Gasteiger partial charge in [0.1, 0.15) is 0 Å². The number of hydrogen-bond donors (Lipinski definition) is 1. The van der Waals surface area contributed by atoms with Crippen LogP contribution in [0.5, 0.6) is 0 Å². The van der Waals surface area contributed by atoms with E-state index in [2.05, 4.69) is 75.2 Å². The van der Waals surface area contributed by atoms with Crippen molar-refractivity contribution < 1.29 is 4.79 Å². The summed E-state index contributed by atoms with van der Waals surface area (Å²) in [5.41, 5.74) is 4.48. The Hall–Kier alpha value is -2.57. The Bertz CT molecular complexity index is 811. The van der Waals surface area contributed by atoms with Gasteiger partial charge in [-0.05, 0) is 55.1 Å². The van der Waals surface area contributed by atoms with Gasteiger partial charge in [-0.25, -0.2) is 0 Å². The highest BCUT2D eigenvalue weighted by atomic mass is 16.2. The van der Waals surface area contributed by atoms with Crippen LogP contribution in [0.25, 0.3) is 0 Å². The van der Waals surface area contributed by atoms with Crippen molar-refractivity contribution in [1.29, 1.82) is 0 Å². The first-order valence-electron chi connectivity index (χ1n) is 11.3. The number of amides is 1. The van der Waals surface area contributed by atoms with E-state index in [4.69, 9.17) is 0 Å². The van der Waals surface area contributed by atoms with Crippen LogP contribution in [0.1, 0.15) is 19.4 Å². The maximum absolute atomic E-state index is 12.6. The summed E-state index contributed by atoms with van der Waals surface area (Å²) < 4.78 is 0. The minimum Gasteiger partial charge on any atom is -0.378 e. The van der Waals surface area contributed by atoms with Crippen molar-refractivity contribution in [1.82, 2.24) is 9.80 Å². The second kappa shape index (κ2) is 11.2. The van der Waals surface area contributed by atoms with Crippen LogP contribution >= 0.6 is 0 Å². The number of piperazine rings is 1. The van der Waals surface area contributed by atoms with Gasteiger partial charge in [-0.3, -0.25) is 9.69 Å². The molecular formula is C25H37N5O. The zero-order chi connectivity index (χ0) is 22.2. The monoisotopic (exact) mass is 423 g/mol. The van der Waals surface area contributed by atoms with Crippen LogP contribution in [0.15, 0.2) is 48.5 Å². The molecule has 0 spiro atoms. The van der Waals surface area contributed by atoms with Gasteiger partial charge in [-0.1, -0.05) is 26.0 Å². The molecule has 0 saturated carbocycles. The number of rotatable bonds is 9. The number of nitrogens with one attached hydrogen (secondary N) is 1. The second-order valence-corrected chi connectivity index (χ2v) is 8.38. The average Bonchev–Trinajstić information content (AvgIpc) is 2.79. The number of nitrogens with zero attached hydrogens (tertiary/aromatic N) is 4. The minimum atomic E-state index is 0.0241. The number of hydrogen-bond acceptors (Lipinski definition) is 5. The largest absolute Gasteiger partial charge is 0.378 e. The Morgan fingerprint density at radius 3 is 2.13 bits per heavy atom. The van der Waals surface area contributed by atoms with Crippen molar-refractivity contribution in [3.63, 3.8) is 0 Å². The maximum Gasteiger partial charge on any atom is 0.238 e. The fraction of sp³-hybridized carbons (Fsp3) is 0.480. The molecule has 2 aromatic rings. The minimum absolute atomic E-state index is 0.0241. The maximum atomic E-state index is 12.6. The SMILES string of the molecule is CCN1CCN(c2ccc(NC(=O)CN(CC)Cc3ccc(N(C)C)cc3)cc2)CC1. The lowest BCUT2D eigenvalue weighted by molar-refractivity contribution is -0.117. The summed E-state index contributed by atoms with van der Waals surface area (Å²) in [6.45, 7) is 11.7. The van der Waals surface area contributed by atoms with E-state index >= 15 is 0 Å². The number of likely N-dealkylation sites (N-methyl/N-ethyl adjacent to an activating group) is 2. The van der Waals surface area contributed by atoms with Crippen LogP contribution in [0.4, 0.5) is 17.1 Å². The summed E-state index contributed by atoms with van der Waals surface area (Å²) in [6, 6.07) is 16.7. The first-order chi connectivity index (χ1) is 15.0. The lowest BCUT2D eigenvalue weighted by Crippen LogP contribution is -2.46. The molecule has 0 aromatic heterocycles. The first kappa shape index (κ1) is 23.1. The van der Waals surface area contributed by atoms with Gasteiger partial charge in [0, 0.05) is 63.9 Å². The molecule has 1 N–H and O–H groups in total. The number of carbonyl (C=O) groups excluding carboxylic acids is 1. The predicted molar refractivity (Wildman–Crippen MR) is 131 cm³/mol. The Morgan fingerprint density at radius 1 is 0.935 bits per heavy atom. The molecule has 0 atom stereocenters. The number of anilines is 3. The molecule has 1 saturated heterocycles. The number of benzene rings is 2. The van der Waals surface area contributed by atoms with E-state index in [9.17, 15) is 4.79 Å². The van der Waals surface area contributed by atoms with E-state index in [0.29, 0.717) is 6.54 Å². The lowest BCUT2D eigenvalue weighted by Gasteiger charge is -2.35. The number of carbonyl (C=O) groups is 1. The molecule has 168 valence electrons. The molecule has 1 heterocycles. The van der Waals surface area contributed by atoms with Crippen molar-refractivity contribution in [2.45, 2.75) is 20.4 Å². The van der Waals surface area contributed by atoms with E-state index in [1.807, 2.05) is 26.2 Å². The Morgan fingerprint density at radius 2 is 1.58 bits per heavy atom. The fourth-order valence-corrected chi connectivity index (χ4v) is 3.92. The molecule has 0 bridgehead atoms. The van der Waals surface area contributed by atoms with Gasteiger partial charge in [0.05, 0.1) is 6.54 Å². The van der Waals surface area contributed by atoms with Crippen LogP contribution in [-0.4, -0.2) is 75.6 Å². The van der Waals surface area contributed by atoms with Crippen molar-refractivity contribution in [2.75, 3.05) is 75.0 Å². The van der Waals surface area contributed by atoms with Gasteiger partial charge in [0.15, 0.2) is 0 Å². The summed E-state index contributed by atoms with van der Waals surface area (Å²) in [4.78, 5) is 21.7. The van der Waals surface area contributed by atoms with Gasteiger partial charge in [0.25, 0.3) is 0 Å². The first-order valence-corrected chi connectivity index (χ1v) is 11.3. The van der Waals surface area contributed by atoms with Gasteiger partial charge < -0.3 is 20.0 Å². The molecule has 1 amide bonds. The normalized spacial score (nSPS) is 14.7. The summed E-state index contributed by atoms with van der Waals surface area (Å²) in [5, 5.41) is 3.05. The summed E-state index contributed by atoms with van der Waals surface area (Å²) >= 11 is 0. The highest BCUT2D eigenvalue weighted by Crippen LogP contribution is 2.20. The van der Waals surface area contributed by atoms with Gasteiger partial charge in [-0.2, -0.15) is 0 Å². The summed E-state index contributed by atoms with van der Waals surface area (Å²) in [6.07, 6.45) is 0. The third-order valence-electron chi connectivity index (χ3n) is 6.01. The highest BCUT2D eigenvalue weighted by molar-refractivity contribution is 5.92. The van der Waals surface area contributed by atoms with Crippen LogP contribution in [0.2, 0.25) is 0 Å². The molecule has 0 unspecified atom stereocenters. The molecule has 6 heteroatoms. The molecule has 0 aliphatic carbocycles. The molecule has 3 rings (SSSR count). The van der Waals surface area contributed by atoms with Gasteiger partial charge >= 0.3 is 0 Å². The molecule has 1 fully saturated rings. The highest BCUT2D eigenvalue weighted by Gasteiger charge is 2.16. The second-order valence-electron chi connectivity index (χ2n) is 8.38. The Balaban J connectivity index is 1.49. The Kier molecular flexibility index (Phi) is 8.32.